The predicted octanol–water partition coefficient (Wildman–Crippen LogP) is 2.89. The number of amides is 2. The highest BCUT2D eigenvalue weighted by Crippen LogP contribution is 2.24. The Morgan fingerprint density at radius 1 is 1.29 bits per heavy atom. The van der Waals surface area contributed by atoms with Gasteiger partial charge in [-0.15, -0.1) is 0 Å². The molecule has 0 aliphatic heterocycles. The van der Waals surface area contributed by atoms with Crippen molar-refractivity contribution in [2.45, 2.75) is 32.1 Å². The van der Waals surface area contributed by atoms with Crippen molar-refractivity contribution >= 4 is 27.9 Å². The smallest absolute Gasteiger partial charge is 0.314 e. The second-order valence-corrected chi connectivity index (χ2v) is 6.42. The largest absolute Gasteiger partial charge is 0.481 e. The van der Waals surface area contributed by atoms with Gasteiger partial charge in [-0.2, -0.15) is 0 Å². The Bertz CT molecular complexity index is 503. The fraction of sp³-hybridized carbons (Fsp3) is 0.467. The molecule has 1 aromatic carbocycles. The Kier molecular flexibility index (Phi) is 6.68. The summed E-state index contributed by atoms with van der Waals surface area (Å²) < 4.78 is 1.01. The third kappa shape index (κ3) is 6.62. The van der Waals surface area contributed by atoms with E-state index < -0.39 is 5.97 Å². The number of carboxylic acids is 1. The van der Waals surface area contributed by atoms with Crippen LogP contribution in [0, 0.1) is 0 Å². The van der Waals surface area contributed by atoms with Crippen molar-refractivity contribution in [2.75, 3.05) is 13.1 Å². The Hall–Kier alpha value is -1.56. The van der Waals surface area contributed by atoms with E-state index in [0.29, 0.717) is 19.5 Å². The lowest BCUT2D eigenvalue weighted by molar-refractivity contribution is -0.137. The zero-order valence-corrected chi connectivity index (χ0v) is 13.9. The number of aliphatic carboxylic acids is 1. The molecular weight excluding hydrogens is 336 g/mol. The molecule has 1 rings (SSSR count). The molecule has 6 heteroatoms. The average molecular weight is 357 g/mol. The lowest BCUT2D eigenvalue weighted by atomic mass is 9.85. The lowest BCUT2D eigenvalue weighted by Gasteiger charge is -2.26. The molecule has 116 valence electrons. The number of hydrogen-bond acceptors (Lipinski definition) is 2. The maximum atomic E-state index is 11.7. The van der Waals surface area contributed by atoms with Gasteiger partial charge in [-0.1, -0.05) is 41.9 Å². The first-order valence-corrected chi connectivity index (χ1v) is 7.60. The Morgan fingerprint density at radius 3 is 2.62 bits per heavy atom. The molecule has 21 heavy (non-hydrogen) atoms. The maximum Gasteiger partial charge on any atom is 0.314 e. The van der Waals surface area contributed by atoms with Crippen molar-refractivity contribution in [3.8, 4) is 0 Å². The number of hydrogen-bond donors (Lipinski definition) is 3. The second kappa shape index (κ2) is 8.02. The number of urea groups is 1. The summed E-state index contributed by atoms with van der Waals surface area (Å²) in [5.41, 5.74) is 0.936. The van der Waals surface area contributed by atoms with E-state index in [9.17, 15) is 9.59 Å². The summed E-state index contributed by atoms with van der Waals surface area (Å²) >= 11 is 3.44. The zero-order chi connectivity index (χ0) is 15.9. The number of carbonyl (C=O) groups excluding carboxylic acids is 1. The van der Waals surface area contributed by atoms with Crippen molar-refractivity contribution in [1.82, 2.24) is 10.6 Å². The molecule has 0 radical (unpaired) electrons. The van der Waals surface area contributed by atoms with Crippen LogP contribution in [0.15, 0.2) is 28.7 Å². The first kappa shape index (κ1) is 17.5. The van der Waals surface area contributed by atoms with Crippen LogP contribution in [-0.2, 0) is 10.2 Å². The predicted molar refractivity (Wildman–Crippen MR) is 85.4 cm³/mol. The minimum atomic E-state index is -0.854. The molecule has 3 N–H and O–H groups in total. The van der Waals surface area contributed by atoms with Crippen LogP contribution in [-0.4, -0.2) is 30.2 Å². The summed E-state index contributed by atoms with van der Waals surface area (Å²) in [6, 6.07) is 7.71. The molecule has 0 unspecified atom stereocenters. The molecule has 0 spiro atoms. The van der Waals surface area contributed by atoms with Crippen molar-refractivity contribution < 1.29 is 14.7 Å². The van der Waals surface area contributed by atoms with Gasteiger partial charge >= 0.3 is 12.0 Å². The Labute approximate surface area is 133 Å². The topological polar surface area (TPSA) is 78.4 Å². The third-order valence-electron chi connectivity index (χ3n) is 3.15. The third-order valence-corrected chi connectivity index (χ3v) is 3.64. The monoisotopic (exact) mass is 356 g/mol. The molecule has 0 saturated carbocycles. The van der Waals surface area contributed by atoms with Gasteiger partial charge in [-0.05, 0) is 24.1 Å². The van der Waals surface area contributed by atoms with Gasteiger partial charge < -0.3 is 15.7 Å². The van der Waals surface area contributed by atoms with E-state index in [0.717, 1.165) is 10.0 Å². The molecule has 0 aliphatic rings. The molecule has 0 aliphatic carbocycles. The highest BCUT2D eigenvalue weighted by molar-refractivity contribution is 9.10. The molecule has 2 amide bonds. The van der Waals surface area contributed by atoms with Crippen LogP contribution < -0.4 is 10.6 Å². The van der Waals surface area contributed by atoms with Gasteiger partial charge in [0.1, 0.15) is 0 Å². The number of benzene rings is 1. The SMILES string of the molecule is CC(C)(CNC(=O)NCCCC(=O)O)c1cccc(Br)c1. The molecule has 0 fully saturated rings. The Morgan fingerprint density at radius 2 is 2.00 bits per heavy atom. The summed E-state index contributed by atoms with van der Waals surface area (Å²) in [7, 11) is 0. The first-order valence-electron chi connectivity index (χ1n) is 6.81. The van der Waals surface area contributed by atoms with Crippen LogP contribution in [0.3, 0.4) is 0 Å². The van der Waals surface area contributed by atoms with Crippen LogP contribution in [0.25, 0.3) is 0 Å². The van der Waals surface area contributed by atoms with Crippen LogP contribution in [0.4, 0.5) is 4.79 Å². The van der Waals surface area contributed by atoms with Crippen molar-refractivity contribution in [2.24, 2.45) is 0 Å². The standard InChI is InChI=1S/C15H21BrN2O3/c1-15(2,11-5-3-6-12(16)9-11)10-18-14(21)17-8-4-7-13(19)20/h3,5-6,9H,4,7-8,10H2,1-2H3,(H,19,20)(H2,17,18,21). The summed E-state index contributed by atoms with van der Waals surface area (Å²) in [6.45, 7) is 4.96. The molecule has 0 atom stereocenters. The van der Waals surface area contributed by atoms with Crippen LogP contribution >= 0.6 is 15.9 Å². The number of halogens is 1. The molecule has 5 nitrogen and oxygen atoms in total. The minimum Gasteiger partial charge on any atom is -0.481 e. The van der Waals surface area contributed by atoms with E-state index in [1.807, 2.05) is 24.3 Å². The van der Waals surface area contributed by atoms with Crippen molar-refractivity contribution in [3.05, 3.63) is 34.3 Å². The van der Waals surface area contributed by atoms with E-state index in [2.05, 4.69) is 40.4 Å². The van der Waals surface area contributed by atoms with E-state index in [-0.39, 0.29) is 17.9 Å². The van der Waals surface area contributed by atoms with E-state index in [1.54, 1.807) is 0 Å². The van der Waals surface area contributed by atoms with Crippen LogP contribution in [0.2, 0.25) is 0 Å². The molecule has 1 aromatic rings. The fourth-order valence-electron chi connectivity index (χ4n) is 1.82. The van der Waals surface area contributed by atoms with Gasteiger partial charge in [-0.3, -0.25) is 4.79 Å². The summed E-state index contributed by atoms with van der Waals surface area (Å²) in [6.07, 6.45) is 0.488. The zero-order valence-electron chi connectivity index (χ0n) is 12.3. The first-order chi connectivity index (χ1) is 9.81. The van der Waals surface area contributed by atoms with Gasteiger partial charge in [0.15, 0.2) is 0 Å². The minimum absolute atomic E-state index is 0.0593. The van der Waals surface area contributed by atoms with Crippen molar-refractivity contribution in [1.29, 1.82) is 0 Å². The summed E-state index contributed by atoms with van der Waals surface area (Å²) in [5, 5.41) is 14.0. The molecule has 0 heterocycles. The lowest BCUT2D eigenvalue weighted by Crippen LogP contribution is -2.42. The highest BCUT2D eigenvalue weighted by Gasteiger charge is 2.21. The molecular formula is C15H21BrN2O3. The number of nitrogens with one attached hydrogen (secondary N) is 2. The van der Waals surface area contributed by atoms with Gasteiger partial charge in [0.05, 0.1) is 0 Å². The molecule has 0 bridgehead atoms. The van der Waals surface area contributed by atoms with E-state index in [1.165, 1.54) is 0 Å². The van der Waals surface area contributed by atoms with Gasteiger partial charge in [0.25, 0.3) is 0 Å². The summed E-state index contributed by atoms with van der Waals surface area (Å²) in [5.74, 6) is -0.854. The van der Waals surface area contributed by atoms with Gasteiger partial charge in [-0.25, -0.2) is 4.79 Å². The van der Waals surface area contributed by atoms with E-state index in [4.69, 9.17) is 5.11 Å². The average Bonchev–Trinajstić information content (AvgIpc) is 2.41. The highest BCUT2D eigenvalue weighted by atomic mass is 79.9. The van der Waals surface area contributed by atoms with Gasteiger partial charge in [0.2, 0.25) is 0 Å². The quantitative estimate of drug-likeness (QED) is 0.657. The second-order valence-electron chi connectivity index (χ2n) is 5.50. The van der Waals surface area contributed by atoms with Crippen LogP contribution in [0.1, 0.15) is 32.3 Å². The number of carboxylic acid groups (broad SMARTS) is 1. The maximum absolute atomic E-state index is 11.7. The van der Waals surface area contributed by atoms with E-state index >= 15 is 0 Å². The Balaban J connectivity index is 2.39. The molecule has 0 saturated heterocycles. The fourth-order valence-corrected chi connectivity index (χ4v) is 2.22. The molecule has 0 aromatic heterocycles. The number of carbonyl (C=O) groups is 2. The van der Waals surface area contributed by atoms with Crippen LogP contribution in [0.5, 0.6) is 0 Å². The van der Waals surface area contributed by atoms with Crippen molar-refractivity contribution in [3.63, 3.8) is 0 Å². The summed E-state index contributed by atoms with van der Waals surface area (Å²) in [4.78, 5) is 22.0. The number of rotatable bonds is 7. The normalized spacial score (nSPS) is 11.0. The van der Waals surface area contributed by atoms with Gasteiger partial charge in [0, 0.05) is 29.4 Å².